The van der Waals surface area contributed by atoms with Gasteiger partial charge in [-0.1, -0.05) is 0 Å². The van der Waals surface area contributed by atoms with Gasteiger partial charge in [0.05, 0.1) is 5.69 Å². The van der Waals surface area contributed by atoms with Crippen molar-refractivity contribution in [1.29, 1.82) is 0 Å². The second-order valence-electron chi connectivity index (χ2n) is 3.34. The average molecular weight is 222 g/mol. The van der Waals surface area contributed by atoms with Gasteiger partial charge >= 0.3 is 0 Å². The van der Waals surface area contributed by atoms with Crippen molar-refractivity contribution < 1.29 is 5.11 Å². The van der Waals surface area contributed by atoms with E-state index in [1.165, 1.54) is 0 Å². The van der Waals surface area contributed by atoms with Crippen LogP contribution in [0.4, 0.5) is 0 Å². The van der Waals surface area contributed by atoms with E-state index in [9.17, 15) is 0 Å². The van der Waals surface area contributed by atoms with Crippen LogP contribution in [0.2, 0.25) is 0 Å². The summed E-state index contributed by atoms with van der Waals surface area (Å²) in [6.45, 7) is 3.10. The molecule has 0 spiro atoms. The molecule has 0 aromatic carbocycles. The zero-order chi connectivity index (χ0) is 10.7. The predicted molar refractivity (Wildman–Crippen MR) is 62.0 cm³/mol. The molecule has 0 atom stereocenters. The third-order valence-electron chi connectivity index (χ3n) is 2.34. The zero-order valence-electron chi connectivity index (χ0n) is 8.68. The fourth-order valence-corrected chi connectivity index (χ4v) is 2.21. The van der Waals surface area contributed by atoms with Crippen molar-refractivity contribution in [1.82, 2.24) is 9.78 Å². The number of aromatic nitrogens is 2. The molecule has 0 fully saturated rings. The first-order valence-corrected chi connectivity index (χ1v) is 5.99. The Hall–Kier alpha value is -1.13. The molecule has 2 aromatic heterocycles. The highest BCUT2D eigenvalue weighted by Gasteiger charge is 2.10. The molecule has 0 aliphatic heterocycles. The zero-order valence-corrected chi connectivity index (χ0v) is 9.50. The molecule has 0 bridgehead atoms. The molecular weight excluding hydrogens is 208 g/mol. The van der Waals surface area contributed by atoms with Crippen LogP contribution in [0.5, 0.6) is 0 Å². The van der Waals surface area contributed by atoms with Crippen molar-refractivity contribution in [2.24, 2.45) is 0 Å². The Morgan fingerprint density at radius 1 is 1.53 bits per heavy atom. The number of hydrogen-bond acceptors (Lipinski definition) is 3. The summed E-state index contributed by atoms with van der Waals surface area (Å²) in [6.07, 6.45) is 2.69. The van der Waals surface area contributed by atoms with Crippen molar-refractivity contribution in [3.8, 4) is 11.3 Å². The quantitative estimate of drug-likeness (QED) is 0.861. The smallest absolute Gasteiger partial charge is 0.0964 e. The van der Waals surface area contributed by atoms with Gasteiger partial charge in [0.25, 0.3) is 0 Å². The Bertz CT molecular complexity index is 420. The summed E-state index contributed by atoms with van der Waals surface area (Å²) in [5, 5.41) is 17.6. The van der Waals surface area contributed by atoms with Gasteiger partial charge in [-0.15, -0.1) is 0 Å². The minimum Gasteiger partial charge on any atom is -0.396 e. The van der Waals surface area contributed by atoms with E-state index in [0.29, 0.717) is 6.42 Å². The Kier molecular flexibility index (Phi) is 3.18. The van der Waals surface area contributed by atoms with Crippen molar-refractivity contribution >= 4 is 11.3 Å². The molecule has 0 aliphatic carbocycles. The lowest BCUT2D eigenvalue weighted by Gasteiger charge is -1.96. The summed E-state index contributed by atoms with van der Waals surface area (Å²) >= 11 is 1.67. The topological polar surface area (TPSA) is 38.0 Å². The second kappa shape index (κ2) is 4.59. The minimum absolute atomic E-state index is 0.173. The molecule has 2 rings (SSSR count). The van der Waals surface area contributed by atoms with Crippen molar-refractivity contribution in [2.75, 3.05) is 6.61 Å². The van der Waals surface area contributed by atoms with Gasteiger partial charge in [-0.05, 0) is 24.8 Å². The van der Waals surface area contributed by atoms with Gasteiger partial charge in [-0.2, -0.15) is 16.4 Å². The average Bonchev–Trinajstić information content (AvgIpc) is 2.85. The van der Waals surface area contributed by atoms with Crippen LogP contribution in [0, 0.1) is 0 Å². The summed E-state index contributed by atoms with van der Waals surface area (Å²) in [7, 11) is 0. The molecule has 0 saturated heterocycles. The number of nitrogens with zero attached hydrogens (tertiary/aromatic N) is 2. The molecule has 2 aromatic rings. The normalized spacial score (nSPS) is 10.8. The number of aryl methyl sites for hydroxylation is 1. The summed E-state index contributed by atoms with van der Waals surface area (Å²) in [4.78, 5) is 0. The third-order valence-corrected chi connectivity index (χ3v) is 3.02. The molecule has 80 valence electrons. The molecule has 1 N–H and O–H groups in total. The van der Waals surface area contributed by atoms with E-state index in [1.807, 2.05) is 16.3 Å². The number of aliphatic hydroxyl groups is 1. The largest absolute Gasteiger partial charge is 0.396 e. The van der Waals surface area contributed by atoms with Gasteiger partial charge in [0, 0.05) is 35.9 Å². The van der Waals surface area contributed by atoms with Crippen LogP contribution >= 0.6 is 11.3 Å². The summed E-state index contributed by atoms with van der Waals surface area (Å²) < 4.78 is 1.91. The molecule has 3 nitrogen and oxygen atoms in total. The molecule has 4 heteroatoms. The highest BCUT2D eigenvalue weighted by Crippen LogP contribution is 2.24. The Morgan fingerprint density at radius 2 is 2.40 bits per heavy atom. The lowest BCUT2D eigenvalue weighted by molar-refractivity contribution is 0.299. The van der Waals surface area contributed by atoms with Crippen molar-refractivity contribution in [2.45, 2.75) is 19.9 Å². The second-order valence-corrected chi connectivity index (χ2v) is 4.12. The van der Waals surface area contributed by atoms with Gasteiger partial charge in [0.2, 0.25) is 0 Å². The monoisotopic (exact) mass is 222 g/mol. The molecule has 15 heavy (non-hydrogen) atoms. The van der Waals surface area contributed by atoms with E-state index >= 15 is 0 Å². The van der Waals surface area contributed by atoms with Crippen LogP contribution in [-0.2, 0) is 13.0 Å². The van der Waals surface area contributed by atoms with Crippen LogP contribution < -0.4 is 0 Å². The maximum absolute atomic E-state index is 8.99. The van der Waals surface area contributed by atoms with Gasteiger partial charge < -0.3 is 5.11 Å². The first-order valence-electron chi connectivity index (χ1n) is 5.05. The molecule has 0 saturated carbocycles. The molecule has 0 unspecified atom stereocenters. The number of aliphatic hydroxyl groups excluding tert-OH is 1. The van der Waals surface area contributed by atoms with Crippen molar-refractivity contribution in [3.63, 3.8) is 0 Å². The van der Waals surface area contributed by atoms with E-state index in [1.54, 1.807) is 11.3 Å². The lowest BCUT2D eigenvalue weighted by Crippen LogP contribution is -1.93. The molecular formula is C11H14N2OS. The van der Waals surface area contributed by atoms with Crippen LogP contribution in [0.15, 0.2) is 23.0 Å². The maximum atomic E-state index is 8.99. The SMILES string of the molecule is CCn1cc(CCO)c(-c2ccsc2)n1. The molecule has 0 amide bonds. The van der Waals surface area contributed by atoms with E-state index in [4.69, 9.17) is 5.11 Å². The van der Waals surface area contributed by atoms with Crippen molar-refractivity contribution in [3.05, 3.63) is 28.6 Å². The van der Waals surface area contributed by atoms with Gasteiger partial charge in [-0.3, -0.25) is 4.68 Å². The standard InChI is InChI=1S/C11H14N2OS/c1-2-13-7-9(3-5-14)11(12-13)10-4-6-15-8-10/h4,6-8,14H,2-3,5H2,1H3. The summed E-state index contributed by atoms with van der Waals surface area (Å²) in [5.41, 5.74) is 3.28. The summed E-state index contributed by atoms with van der Waals surface area (Å²) in [6, 6.07) is 2.06. The van der Waals surface area contributed by atoms with E-state index < -0.39 is 0 Å². The van der Waals surface area contributed by atoms with Crippen LogP contribution in [0.3, 0.4) is 0 Å². The highest BCUT2D eigenvalue weighted by molar-refractivity contribution is 7.08. The minimum atomic E-state index is 0.173. The maximum Gasteiger partial charge on any atom is 0.0964 e. The van der Waals surface area contributed by atoms with Crippen LogP contribution in [0.1, 0.15) is 12.5 Å². The predicted octanol–water partition coefficient (Wildman–Crippen LogP) is 2.17. The lowest BCUT2D eigenvalue weighted by atomic mass is 10.1. The Balaban J connectivity index is 2.40. The van der Waals surface area contributed by atoms with E-state index in [-0.39, 0.29) is 6.61 Å². The van der Waals surface area contributed by atoms with Crippen LogP contribution in [-0.4, -0.2) is 21.5 Å². The molecule has 0 aliphatic rings. The fraction of sp³-hybridized carbons (Fsp3) is 0.364. The van der Waals surface area contributed by atoms with Gasteiger partial charge in [0.1, 0.15) is 0 Å². The van der Waals surface area contributed by atoms with E-state index in [0.717, 1.165) is 23.4 Å². The van der Waals surface area contributed by atoms with E-state index in [2.05, 4.69) is 23.5 Å². The molecule has 2 heterocycles. The number of hydrogen-bond donors (Lipinski definition) is 1. The fourth-order valence-electron chi connectivity index (χ4n) is 1.57. The summed E-state index contributed by atoms with van der Waals surface area (Å²) in [5.74, 6) is 0. The number of thiophene rings is 1. The first-order chi connectivity index (χ1) is 7.35. The Morgan fingerprint density at radius 3 is 3.00 bits per heavy atom. The van der Waals surface area contributed by atoms with Gasteiger partial charge in [0.15, 0.2) is 0 Å². The third kappa shape index (κ3) is 2.11. The van der Waals surface area contributed by atoms with Gasteiger partial charge in [-0.25, -0.2) is 0 Å². The highest BCUT2D eigenvalue weighted by atomic mass is 32.1. The molecule has 0 radical (unpaired) electrons. The van der Waals surface area contributed by atoms with Crippen LogP contribution in [0.25, 0.3) is 11.3 Å². The first kappa shape index (κ1) is 10.4. The number of rotatable bonds is 4. The Labute approximate surface area is 93.0 Å².